The molecular formula is C30H42N6O3. The normalized spacial score (nSPS) is 21.7. The number of piperazine rings is 1. The fourth-order valence-electron chi connectivity index (χ4n) is 5.94. The van der Waals surface area contributed by atoms with E-state index in [9.17, 15) is 4.79 Å². The zero-order valence-corrected chi connectivity index (χ0v) is 24.0. The van der Waals surface area contributed by atoms with Gasteiger partial charge in [0.05, 0.1) is 29.7 Å². The summed E-state index contributed by atoms with van der Waals surface area (Å²) in [6, 6.07) is 8.40. The van der Waals surface area contributed by atoms with Crippen LogP contribution in [0.2, 0.25) is 0 Å². The van der Waals surface area contributed by atoms with Crippen molar-refractivity contribution < 1.29 is 14.4 Å². The Morgan fingerprint density at radius 1 is 1.10 bits per heavy atom. The third-order valence-electron chi connectivity index (χ3n) is 8.48. The summed E-state index contributed by atoms with van der Waals surface area (Å²) in [4.78, 5) is 32.9. The maximum atomic E-state index is 12.6. The molecule has 0 N–H and O–H groups in total. The first-order valence-electron chi connectivity index (χ1n) is 14.3. The van der Waals surface area contributed by atoms with Crippen LogP contribution in [0.1, 0.15) is 63.4 Å². The number of hydroxylamine groups is 1. The molecule has 0 bridgehead atoms. The van der Waals surface area contributed by atoms with Gasteiger partial charge in [0.2, 0.25) is 0 Å². The molecule has 1 unspecified atom stereocenters. The molecule has 9 heteroatoms. The Kier molecular flexibility index (Phi) is 8.49. The van der Waals surface area contributed by atoms with Crippen LogP contribution in [0.5, 0.6) is 0 Å². The van der Waals surface area contributed by atoms with Gasteiger partial charge in [-0.3, -0.25) is 19.1 Å². The summed E-state index contributed by atoms with van der Waals surface area (Å²) in [5, 5.41) is 1.18. The lowest BCUT2D eigenvalue weighted by Gasteiger charge is -2.41. The number of nitrogens with zero attached hydrogens (tertiary/aromatic N) is 6. The number of hydrogen-bond donors (Lipinski definition) is 0. The average molecular weight is 535 g/mol. The molecule has 2 fully saturated rings. The second-order valence-corrected chi connectivity index (χ2v) is 11.0. The topological polar surface area (TPSA) is 75.4 Å². The molecule has 9 nitrogen and oxygen atoms in total. The van der Waals surface area contributed by atoms with Crippen LogP contribution in [-0.4, -0.2) is 82.7 Å². The summed E-state index contributed by atoms with van der Waals surface area (Å²) in [5.41, 5.74) is 4.51. The largest absolute Gasteiger partial charge is 0.445 e. The van der Waals surface area contributed by atoms with Gasteiger partial charge in [-0.25, -0.2) is 9.78 Å². The quantitative estimate of drug-likeness (QED) is 0.382. The number of anilines is 1. The van der Waals surface area contributed by atoms with Crippen LogP contribution >= 0.6 is 0 Å². The van der Waals surface area contributed by atoms with Gasteiger partial charge in [-0.1, -0.05) is 19.1 Å². The fraction of sp³-hybridized carbons (Fsp3) is 0.567. The Hall–Kier alpha value is -3.01. The van der Waals surface area contributed by atoms with Crippen molar-refractivity contribution in [1.29, 1.82) is 0 Å². The van der Waals surface area contributed by atoms with Crippen molar-refractivity contribution in [3.05, 3.63) is 48.2 Å². The minimum absolute atomic E-state index is 0.183. The van der Waals surface area contributed by atoms with Gasteiger partial charge in [0.25, 0.3) is 0 Å². The van der Waals surface area contributed by atoms with E-state index in [1.54, 1.807) is 0 Å². The van der Waals surface area contributed by atoms with Crippen LogP contribution < -0.4 is 5.06 Å². The van der Waals surface area contributed by atoms with Crippen molar-refractivity contribution in [2.45, 2.75) is 70.9 Å². The number of rotatable bonds is 7. The molecule has 1 aliphatic carbocycles. The van der Waals surface area contributed by atoms with Gasteiger partial charge < -0.3 is 9.64 Å². The number of hydrogen-bond acceptors (Lipinski definition) is 7. The molecule has 5 rings (SSSR count). The molecule has 1 saturated heterocycles. The van der Waals surface area contributed by atoms with E-state index in [0.717, 1.165) is 47.6 Å². The van der Waals surface area contributed by atoms with Crippen LogP contribution in [0, 0.1) is 6.92 Å². The molecular weight excluding hydrogens is 492 g/mol. The smallest absolute Gasteiger partial charge is 0.439 e. The number of fused-ring (bicyclic) bond motifs is 1. The molecule has 1 aromatic carbocycles. The molecule has 0 radical (unpaired) electrons. The summed E-state index contributed by atoms with van der Waals surface area (Å²) >= 11 is 0. The number of amides is 1. The summed E-state index contributed by atoms with van der Waals surface area (Å²) in [6.45, 7) is 10.6. The van der Waals surface area contributed by atoms with E-state index in [2.05, 4.69) is 26.2 Å². The first-order valence-corrected chi connectivity index (χ1v) is 14.3. The summed E-state index contributed by atoms with van der Waals surface area (Å²) < 4.78 is 7.70. The number of likely N-dealkylation sites (N-methyl/N-ethyl adjacent to an activating group) is 1. The zero-order chi connectivity index (χ0) is 27.5. The molecule has 3 heterocycles. The first kappa shape index (κ1) is 27.6. The molecule has 1 saturated carbocycles. The summed E-state index contributed by atoms with van der Waals surface area (Å²) in [7, 11) is 3.68. The summed E-state index contributed by atoms with van der Waals surface area (Å²) in [6.07, 6.45) is 8.69. The molecule has 1 atom stereocenters. The molecule has 2 aliphatic rings. The molecule has 210 valence electrons. The Bertz CT molecular complexity index is 1260. The van der Waals surface area contributed by atoms with Gasteiger partial charge in [-0.2, -0.15) is 5.06 Å². The number of carbonyl (C=O) groups excluding carboxylic acids is 1. The molecule has 0 spiro atoms. The highest BCUT2D eigenvalue weighted by atomic mass is 16.7. The predicted octanol–water partition coefficient (Wildman–Crippen LogP) is 5.28. The highest BCUT2D eigenvalue weighted by Crippen LogP contribution is 2.38. The molecule has 3 aromatic rings. The van der Waals surface area contributed by atoms with E-state index < -0.39 is 6.09 Å². The maximum absolute atomic E-state index is 12.6. The van der Waals surface area contributed by atoms with Gasteiger partial charge in [-0.15, -0.1) is 0 Å². The number of benzene rings is 1. The van der Waals surface area contributed by atoms with Crippen molar-refractivity contribution >= 4 is 17.3 Å². The van der Waals surface area contributed by atoms with Gasteiger partial charge in [0.1, 0.15) is 11.9 Å². The third kappa shape index (κ3) is 5.81. The van der Waals surface area contributed by atoms with E-state index >= 15 is 0 Å². The Morgan fingerprint density at radius 3 is 2.44 bits per heavy atom. The van der Waals surface area contributed by atoms with E-state index in [1.807, 2.05) is 57.4 Å². The minimum Gasteiger partial charge on any atom is -0.445 e. The number of aromatic nitrogens is 3. The van der Waals surface area contributed by atoms with Crippen LogP contribution in [0.25, 0.3) is 16.8 Å². The van der Waals surface area contributed by atoms with Crippen molar-refractivity contribution in [1.82, 2.24) is 24.2 Å². The van der Waals surface area contributed by atoms with Gasteiger partial charge >= 0.3 is 6.09 Å². The summed E-state index contributed by atoms with van der Waals surface area (Å²) in [5.74, 6) is 1.55. The molecule has 2 aromatic heterocycles. The second-order valence-electron chi connectivity index (χ2n) is 11.0. The number of aryl methyl sites for hydroxylation is 1. The zero-order valence-electron chi connectivity index (χ0n) is 24.0. The van der Waals surface area contributed by atoms with Gasteiger partial charge in [0, 0.05) is 56.1 Å². The minimum atomic E-state index is -0.526. The van der Waals surface area contributed by atoms with Crippen molar-refractivity contribution in [2.75, 3.05) is 45.4 Å². The van der Waals surface area contributed by atoms with E-state index in [1.165, 1.54) is 51.2 Å². The van der Waals surface area contributed by atoms with Crippen molar-refractivity contribution in [2.24, 2.45) is 0 Å². The SMILES string of the molecule is CCC(C)OC(=O)N(OC)c1ccc(-c2nc(C3CCC(N4CCN(C)CC4)CC3)n3ccnc(C)c23)cc1. The third-order valence-corrected chi connectivity index (χ3v) is 8.48. The van der Waals surface area contributed by atoms with Gasteiger partial charge in [-0.05, 0) is 65.1 Å². The monoisotopic (exact) mass is 534 g/mol. The highest BCUT2D eigenvalue weighted by Gasteiger charge is 2.31. The second kappa shape index (κ2) is 12.0. The van der Waals surface area contributed by atoms with Gasteiger partial charge in [0.15, 0.2) is 0 Å². The van der Waals surface area contributed by atoms with Crippen molar-refractivity contribution in [3.8, 4) is 11.3 Å². The molecule has 1 aliphatic heterocycles. The molecule has 1 amide bonds. The number of carbonyl (C=O) groups is 1. The Morgan fingerprint density at radius 2 is 1.79 bits per heavy atom. The van der Waals surface area contributed by atoms with E-state index in [-0.39, 0.29) is 6.10 Å². The Labute approximate surface area is 231 Å². The standard InChI is InChI=1S/C30H42N6O3/c1-6-21(2)39-30(37)36(38-5)26-13-7-23(8-14-26)27-28-22(3)31-15-16-35(28)29(32-27)24-9-11-25(12-10-24)34-19-17-33(4)18-20-34/h7-8,13-16,21,24-25H,6,9-12,17-20H2,1-5H3. The van der Waals surface area contributed by atoms with Crippen LogP contribution in [-0.2, 0) is 9.57 Å². The maximum Gasteiger partial charge on any atom is 0.439 e. The van der Waals surface area contributed by atoms with Crippen LogP contribution in [0.4, 0.5) is 10.5 Å². The van der Waals surface area contributed by atoms with E-state index in [4.69, 9.17) is 14.6 Å². The predicted molar refractivity (Wildman–Crippen MR) is 153 cm³/mol. The lowest BCUT2D eigenvalue weighted by atomic mass is 9.84. The van der Waals surface area contributed by atoms with Crippen LogP contribution in [0.15, 0.2) is 36.7 Å². The van der Waals surface area contributed by atoms with Crippen LogP contribution in [0.3, 0.4) is 0 Å². The fourth-order valence-corrected chi connectivity index (χ4v) is 5.94. The van der Waals surface area contributed by atoms with Crippen molar-refractivity contribution in [3.63, 3.8) is 0 Å². The average Bonchev–Trinajstić information content (AvgIpc) is 3.35. The lowest BCUT2D eigenvalue weighted by Crippen LogP contribution is -2.49. The highest BCUT2D eigenvalue weighted by molar-refractivity contribution is 5.87. The molecule has 39 heavy (non-hydrogen) atoms. The number of imidazole rings is 1. The lowest BCUT2D eigenvalue weighted by molar-refractivity contribution is 0.0724. The van der Waals surface area contributed by atoms with E-state index in [0.29, 0.717) is 17.6 Å². The first-order chi connectivity index (χ1) is 18.9. The number of ether oxygens (including phenoxy) is 1. The Balaban J connectivity index is 1.37.